The van der Waals surface area contributed by atoms with Crippen molar-refractivity contribution in [3.05, 3.63) is 0 Å². The minimum atomic E-state index is -0.116. The second-order valence-electron chi connectivity index (χ2n) is 7.98. The summed E-state index contributed by atoms with van der Waals surface area (Å²) in [6.45, 7) is 4.83. The van der Waals surface area contributed by atoms with Crippen LogP contribution < -0.4 is 0 Å². The van der Waals surface area contributed by atoms with Crippen molar-refractivity contribution < 1.29 is 9.53 Å². The van der Waals surface area contributed by atoms with Crippen LogP contribution in [0.5, 0.6) is 0 Å². The van der Waals surface area contributed by atoms with Gasteiger partial charge < -0.3 is 4.74 Å². The maximum atomic E-state index is 12.6. The van der Waals surface area contributed by atoms with Crippen molar-refractivity contribution in [2.75, 3.05) is 31.1 Å². The monoisotopic (exact) mass is 323 g/mol. The van der Waals surface area contributed by atoms with Crippen LogP contribution in [0.25, 0.3) is 0 Å². The lowest BCUT2D eigenvalue weighted by Crippen LogP contribution is -2.60. The molecule has 0 aromatic rings. The van der Waals surface area contributed by atoms with Gasteiger partial charge in [-0.1, -0.05) is 6.92 Å². The highest BCUT2D eigenvalue weighted by atomic mass is 32.2. The molecule has 124 valence electrons. The Labute approximate surface area is 138 Å². The van der Waals surface area contributed by atoms with Crippen LogP contribution in [0.2, 0.25) is 0 Å². The van der Waals surface area contributed by atoms with Gasteiger partial charge in [-0.15, -0.1) is 0 Å². The number of hydrogen-bond acceptors (Lipinski definition) is 4. The van der Waals surface area contributed by atoms with Gasteiger partial charge in [0.15, 0.2) is 0 Å². The van der Waals surface area contributed by atoms with Crippen LogP contribution in [0.1, 0.15) is 45.4 Å². The van der Waals surface area contributed by atoms with Gasteiger partial charge in [-0.25, -0.2) is 0 Å². The smallest absolute Gasteiger partial charge is 0.320 e. The number of carbonyl (C=O) groups is 1. The van der Waals surface area contributed by atoms with Crippen molar-refractivity contribution in [1.82, 2.24) is 4.90 Å². The first-order chi connectivity index (χ1) is 10.7. The maximum absolute atomic E-state index is 12.6. The molecule has 4 bridgehead atoms. The molecular weight excluding hydrogens is 294 g/mol. The van der Waals surface area contributed by atoms with Crippen LogP contribution in [0.4, 0.5) is 0 Å². The van der Waals surface area contributed by atoms with Gasteiger partial charge in [0, 0.05) is 24.6 Å². The molecule has 0 aromatic carbocycles. The van der Waals surface area contributed by atoms with Gasteiger partial charge in [-0.3, -0.25) is 9.69 Å². The van der Waals surface area contributed by atoms with E-state index in [9.17, 15) is 4.79 Å². The number of nitrogens with zero attached hydrogens (tertiary/aromatic N) is 1. The fourth-order valence-electron chi connectivity index (χ4n) is 5.98. The van der Waals surface area contributed by atoms with E-state index in [-0.39, 0.29) is 11.6 Å². The van der Waals surface area contributed by atoms with Crippen LogP contribution in [0.3, 0.4) is 0 Å². The summed E-state index contributed by atoms with van der Waals surface area (Å²) in [7, 11) is 0. The summed E-state index contributed by atoms with van der Waals surface area (Å²) in [5.74, 6) is 5.51. The molecule has 3 nitrogen and oxygen atoms in total. The topological polar surface area (TPSA) is 29.5 Å². The zero-order chi connectivity index (χ0) is 15.2. The first-order valence-corrected chi connectivity index (χ1v) is 10.4. The number of rotatable bonds is 4. The Morgan fingerprint density at radius 1 is 1.09 bits per heavy atom. The predicted octanol–water partition coefficient (Wildman–Crippen LogP) is 3.18. The van der Waals surface area contributed by atoms with E-state index in [1.807, 2.05) is 11.8 Å². The number of carbonyl (C=O) groups excluding carboxylic acids is 1. The van der Waals surface area contributed by atoms with E-state index < -0.39 is 0 Å². The van der Waals surface area contributed by atoms with Crippen molar-refractivity contribution in [3.8, 4) is 0 Å². The SMILES string of the molecule is CCC1(OC(=O)CN2CCSCC2)C2CC3CC(C2)CC1C3. The summed E-state index contributed by atoms with van der Waals surface area (Å²) < 4.78 is 6.28. The molecule has 1 saturated heterocycles. The van der Waals surface area contributed by atoms with Gasteiger partial charge in [-0.05, 0) is 62.2 Å². The van der Waals surface area contributed by atoms with E-state index >= 15 is 0 Å². The van der Waals surface area contributed by atoms with Crippen molar-refractivity contribution in [3.63, 3.8) is 0 Å². The summed E-state index contributed by atoms with van der Waals surface area (Å²) in [4.78, 5) is 14.9. The highest BCUT2D eigenvalue weighted by molar-refractivity contribution is 7.99. The third kappa shape index (κ3) is 2.60. The van der Waals surface area contributed by atoms with Crippen molar-refractivity contribution in [2.24, 2.45) is 23.7 Å². The predicted molar refractivity (Wildman–Crippen MR) is 89.9 cm³/mol. The van der Waals surface area contributed by atoms with E-state index in [2.05, 4.69) is 11.8 Å². The van der Waals surface area contributed by atoms with E-state index in [1.54, 1.807) is 0 Å². The molecule has 5 rings (SSSR count). The van der Waals surface area contributed by atoms with Crippen molar-refractivity contribution in [2.45, 2.75) is 51.0 Å². The summed E-state index contributed by atoms with van der Waals surface area (Å²) >= 11 is 1.99. The molecule has 0 spiro atoms. The summed E-state index contributed by atoms with van der Waals surface area (Å²) in [5.41, 5.74) is -0.116. The highest BCUT2D eigenvalue weighted by Crippen LogP contribution is 2.60. The Hall–Kier alpha value is -0.220. The average molecular weight is 324 g/mol. The normalized spacial score (nSPS) is 44.2. The molecule has 0 radical (unpaired) electrons. The number of thioether (sulfide) groups is 1. The number of ether oxygens (including phenoxy) is 1. The molecular formula is C18H29NO2S. The lowest BCUT2D eigenvalue weighted by atomic mass is 9.49. The second-order valence-corrected chi connectivity index (χ2v) is 9.20. The fourth-order valence-corrected chi connectivity index (χ4v) is 6.96. The number of esters is 1. The van der Waals surface area contributed by atoms with Gasteiger partial charge in [0.25, 0.3) is 0 Å². The third-order valence-electron chi connectivity index (χ3n) is 6.83. The molecule has 0 atom stereocenters. The molecule has 1 aliphatic heterocycles. The summed E-state index contributed by atoms with van der Waals surface area (Å²) in [6, 6.07) is 0. The lowest BCUT2D eigenvalue weighted by molar-refractivity contribution is -0.211. The van der Waals surface area contributed by atoms with Gasteiger partial charge in [-0.2, -0.15) is 11.8 Å². The van der Waals surface area contributed by atoms with E-state index in [0.29, 0.717) is 18.4 Å². The summed E-state index contributed by atoms with van der Waals surface area (Å²) in [5, 5.41) is 0. The number of hydrogen-bond donors (Lipinski definition) is 0. The molecule has 5 aliphatic rings. The van der Waals surface area contributed by atoms with Crippen molar-refractivity contribution in [1.29, 1.82) is 0 Å². The molecule has 4 heteroatoms. The van der Waals surface area contributed by atoms with Crippen LogP contribution in [0.15, 0.2) is 0 Å². The first kappa shape index (κ1) is 15.3. The molecule has 5 fully saturated rings. The van der Waals surface area contributed by atoms with Gasteiger partial charge >= 0.3 is 5.97 Å². The zero-order valence-electron chi connectivity index (χ0n) is 13.8. The van der Waals surface area contributed by atoms with Gasteiger partial charge in [0.1, 0.15) is 5.60 Å². The minimum absolute atomic E-state index is 0.0428. The third-order valence-corrected chi connectivity index (χ3v) is 7.78. The van der Waals surface area contributed by atoms with Crippen molar-refractivity contribution >= 4 is 17.7 Å². The standard InChI is InChI=1S/C18H29NO2S/c1-2-18(21-17(20)12-19-3-5-22-6-4-19)15-8-13-7-14(10-15)11-16(18)9-13/h13-16H,2-12H2,1H3. The average Bonchev–Trinajstić information content (AvgIpc) is 2.51. The summed E-state index contributed by atoms with van der Waals surface area (Å²) in [6.07, 6.45) is 7.72. The molecule has 0 N–H and O–H groups in total. The van der Waals surface area contributed by atoms with Crippen LogP contribution >= 0.6 is 11.8 Å². The van der Waals surface area contributed by atoms with Crippen LogP contribution in [-0.2, 0) is 9.53 Å². The Morgan fingerprint density at radius 3 is 2.23 bits per heavy atom. The molecule has 0 unspecified atom stereocenters. The van der Waals surface area contributed by atoms with Crippen LogP contribution in [0, 0.1) is 23.7 Å². The molecule has 1 heterocycles. The Bertz CT molecular complexity index is 405. The Balaban J connectivity index is 1.44. The van der Waals surface area contributed by atoms with E-state index in [1.165, 1.54) is 32.1 Å². The quantitative estimate of drug-likeness (QED) is 0.743. The lowest BCUT2D eigenvalue weighted by Gasteiger charge is -2.60. The van der Waals surface area contributed by atoms with Crippen LogP contribution in [-0.4, -0.2) is 47.6 Å². The first-order valence-electron chi connectivity index (χ1n) is 9.21. The largest absolute Gasteiger partial charge is 0.458 e. The van der Waals surface area contributed by atoms with Gasteiger partial charge in [0.05, 0.1) is 6.54 Å². The van der Waals surface area contributed by atoms with E-state index in [4.69, 9.17) is 4.74 Å². The molecule has 0 aromatic heterocycles. The fraction of sp³-hybridized carbons (Fsp3) is 0.944. The zero-order valence-corrected chi connectivity index (χ0v) is 14.6. The molecule has 0 amide bonds. The highest BCUT2D eigenvalue weighted by Gasteiger charge is 2.58. The molecule has 4 saturated carbocycles. The Morgan fingerprint density at radius 2 is 1.68 bits per heavy atom. The van der Waals surface area contributed by atoms with Gasteiger partial charge in [0.2, 0.25) is 0 Å². The maximum Gasteiger partial charge on any atom is 0.320 e. The molecule has 22 heavy (non-hydrogen) atoms. The van der Waals surface area contributed by atoms with E-state index in [0.717, 1.165) is 42.9 Å². The molecule has 4 aliphatic carbocycles. The Kier molecular flexibility index (Phi) is 4.18. The second kappa shape index (κ2) is 6.01. The minimum Gasteiger partial charge on any atom is -0.458 e.